The Balaban J connectivity index is 1.34. The highest BCUT2D eigenvalue weighted by Crippen LogP contribution is 2.27. The molecule has 2 atom stereocenters. The van der Waals surface area contributed by atoms with Crippen LogP contribution in [0.25, 0.3) is 10.1 Å². The third-order valence-electron chi connectivity index (χ3n) is 6.35. The first-order valence-corrected chi connectivity index (χ1v) is 12.9. The molecule has 0 spiro atoms. The summed E-state index contributed by atoms with van der Waals surface area (Å²) in [5.41, 5.74) is 3.87. The lowest BCUT2D eigenvalue weighted by Gasteiger charge is -2.22. The number of aliphatic imine (C=N–C) groups is 1. The smallest absolute Gasteiger partial charge is 0.272 e. The Morgan fingerprint density at radius 3 is 2.51 bits per heavy atom. The second-order valence-electron chi connectivity index (χ2n) is 8.89. The molecule has 1 aromatic heterocycles. The van der Waals surface area contributed by atoms with Gasteiger partial charge in [0, 0.05) is 22.9 Å². The van der Waals surface area contributed by atoms with Crippen LogP contribution >= 0.6 is 11.3 Å². The van der Waals surface area contributed by atoms with Crippen molar-refractivity contribution in [1.29, 1.82) is 0 Å². The maximum Gasteiger partial charge on any atom is 0.272 e. The van der Waals surface area contributed by atoms with E-state index in [0.29, 0.717) is 11.4 Å². The molecule has 186 valence electrons. The molecule has 4 aromatic rings. The van der Waals surface area contributed by atoms with Crippen molar-refractivity contribution in [2.45, 2.75) is 25.6 Å². The molecule has 2 heterocycles. The van der Waals surface area contributed by atoms with Crippen molar-refractivity contribution in [3.8, 4) is 0 Å². The van der Waals surface area contributed by atoms with Gasteiger partial charge in [0.15, 0.2) is 0 Å². The van der Waals surface area contributed by atoms with Crippen LogP contribution in [-0.2, 0) is 20.8 Å². The molecule has 7 nitrogen and oxygen atoms in total. The van der Waals surface area contributed by atoms with Crippen LogP contribution < -0.4 is 15.5 Å². The molecule has 1 aliphatic rings. The normalized spacial score (nSPS) is 15.9. The number of amides is 3. The van der Waals surface area contributed by atoms with Crippen LogP contribution in [0.1, 0.15) is 23.6 Å². The molecule has 1 aliphatic heterocycles. The zero-order valence-electron chi connectivity index (χ0n) is 20.5. The highest BCUT2D eigenvalue weighted by molar-refractivity contribution is 7.17. The molecule has 0 saturated heterocycles. The molecule has 5 rings (SSSR count). The van der Waals surface area contributed by atoms with Gasteiger partial charge in [-0.25, -0.2) is 4.99 Å². The number of carbonyl (C=O) groups excluding carboxylic acids is 3. The van der Waals surface area contributed by atoms with Crippen molar-refractivity contribution < 1.29 is 14.4 Å². The maximum absolute atomic E-state index is 13.3. The van der Waals surface area contributed by atoms with E-state index in [9.17, 15) is 14.4 Å². The van der Waals surface area contributed by atoms with Gasteiger partial charge >= 0.3 is 0 Å². The summed E-state index contributed by atoms with van der Waals surface area (Å²) in [7, 11) is 1.67. The van der Waals surface area contributed by atoms with Crippen molar-refractivity contribution in [2.24, 2.45) is 4.99 Å². The number of nitrogens with one attached hydrogen (secondary N) is 2. The summed E-state index contributed by atoms with van der Waals surface area (Å²) in [6, 6.07) is 24.1. The molecule has 0 radical (unpaired) electrons. The molecule has 0 bridgehead atoms. The van der Waals surface area contributed by atoms with E-state index in [-0.39, 0.29) is 18.2 Å². The predicted molar refractivity (Wildman–Crippen MR) is 147 cm³/mol. The summed E-state index contributed by atoms with van der Waals surface area (Å²) >= 11 is 1.58. The van der Waals surface area contributed by atoms with Gasteiger partial charge in [0.1, 0.15) is 6.04 Å². The van der Waals surface area contributed by atoms with Crippen LogP contribution in [0.3, 0.4) is 0 Å². The third kappa shape index (κ3) is 5.01. The van der Waals surface area contributed by atoms with Gasteiger partial charge in [0.25, 0.3) is 5.91 Å². The summed E-state index contributed by atoms with van der Waals surface area (Å²) in [6.07, 6.45) is -0.974. The van der Waals surface area contributed by atoms with Gasteiger partial charge in [-0.15, -0.1) is 11.3 Å². The van der Waals surface area contributed by atoms with Crippen molar-refractivity contribution >= 4 is 50.5 Å². The standard InChI is InChI=1S/C29H26N4O3S/c1-18(30-25(34)16-20-17-37-24-15-9-7-12-21(20)24)28(35)32-27-29(36)33(2)23-14-8-6-13-22(23)26(31-27)19-10-4-3-5-11-19/h3-15,17-18,27H,16H2,1-2H3,(H,30,34)(H,32,35). The average molecular weight is 511 g/mol. The number of nitrogens with zero attached hydrogens (tertiary/aromatic N) is 2. The first-order chi connectivity index (χ1) is 17.9. The highest BCUT2D eigenvalue weighted by atomic mass is 32.1. The van der Waals surface area contributed by atoms with Crippen molar-refractivity contribution in [3.05, 3.63) is 101 Å². The fourth-order valence-corrected chi connectivity index (χ4v) is 5.37. The summed E-state index contributed by atoms with van der Waals surface area (Å²) in [5.74, 6) is -1.12. The number of benzodiazepines with no additional fused rings is 1. The van der Waals surface area contributed by atoms with Gasteiger partial charge in [-0.3, -0.25) is 14.4 Å². The summed E-state index contributed by atoms with van der Waals surface area (Å²) in [6.45, 7) is 1.60. The van der Waals surface area contributed by atoms with Crippen LogP contribution in [0, 0.1) is 0 Å². The Hall–Kier alpha value is -4.30. The second-order valence-corrected chi connectivity index (χ2v) is 9.80. The molecule has 0 saturated carbocycles. The quantitative estimate of drug-likeness (QED) is 0.412. The van der Waals surface area contributed by atoms with E-state index in [0.717, 1.165) is 26.8 Å². The molecule has 0 fully saturated rings. The van der Waals surface area contributed by atoms with Crippen molar-refractivity contribution in [1.82, 2.24) is 10.6 Å². The van der Waals surface area contributed by atoms with Gasteiger partial charge in [-0.05, 0) is 35.4 Å². The van der Waals surface area contributed by atoms with Crippen LogP contribution in [0.2, 0.25) is 0 Å². The Labute approximate surface area is 218 Å². The molecular formula is C29H26N4O3S. The zero-order valence-corrected chi connectivity index (χ0v) is 21.3. The molecule has 0 aliphatic carbocycles. The SMILES string of the molecule is CC(NC(=O)Cc1csc2ccccc12)C(=O)NC1N=C(c2ccccc2)c2ccccc2N(C)C1=O. The monoisotopic (exact) mass is 510 g/mol. The van der Waals surface area contributed by atoms with E-state index in [1.54, 1.807) is 25.3 Å². The number of carbonyl (C=O) groups is 3. The summed E-state index contributed by atoms with van der Waals surface area (Å²) in [4.78, 5) is 45.3. The van der Waals surface area contributed by atoms with E-state index in [1.165, 1.54) is 4.90 Å². The number of para-hydroxylation sites is 1. The minimum Gasteiger partial charge on any atom is -0.344 e. The number of fused-ring (bicyclic) bond motifs is 2. The fraction of sp³-hybridized carbons (Fsp3) is 0.172. The van der Waals surface area contributed by atoms with Crippen LogP contribution in [-0.4, -0.2) is 42.7 Å². The number of anilines is 1. The first kappa shape index (κ1) is 24.4. The number of likely N-dealkylation sites (N-methyl/N-ethyl adjacent to an activating group) is 1. The third-order valence-corrected chi connectivity index (χ3v) is 7.36. The van der Waals surface area contributed by atoms with E-state index in [2.05, 4.69) is 10.6 Å². The second kappa shape index (κ2) is 10.4. The van der Waals surface area contributed by atoms with Gasteiger partial charge < -0.3 is 15.5 Å². The Morgan fingerprint density at radius 2 is 1.70 bits per heavy atom. The van der Waals surface area contributed by atoms with E-state index >= 15 is 0 Å². The van der Waals surface area contributed by atoms with Crippen LogP contribution in [0.5, 0.6) is 0 Å². The molecule has 37 heavy (non-hydrogen) atoms. The van der Waals surface area contributed by atoms with Gasteiger partial charge in [0.05, 0.1) is 17.8 Å². The van der Waals surface area contributed by atoms with Gasteiger partial charge in [0.2, 0.25) is 18.0 Å². The lowest BCUT2D eigenvalue weighted by atomic mass is 10.0. The van der Waals surface area contributed by atoms with Crippen molar-refractivity contribution in [3.63, 3.8) is 0 Å². The molecule has 3 aromatic carbocycles. The number of hydrogen-bond acceptors (Lipinski definition) is 5. The Bertz CT molecular complexity index is 1510. The number of benzene rings is 3. The minimum absolute atomic E-state index is 0.165. The van der Waals surface area contributed by atoms with E-state index in [1.807, 2.05) is 84.2 Å². The van der Waals surface area contributed by atoms with Gasteiger partial charge in [-0.2, -0.15) is 0 Å². The Morgan fingerprint density at radius 1 is 1.00 bits per heavy atom. The number of thiophene rings is 1. The van der Waals surface area contributed by atoms with E-state index in [4.69, 9.17) is 4.99 Å². The zero-order chi connectivity index (χ0) is 25.9. The lowest BCUT2D eigenvalue weighted by molar-refractivity contribution is -0.130. The molecule has 3 amide bonds. The first-order valence-electron chi connectivity index (χ1n) is 12.0. The van der Waals surface area contributed by atoms with Crippen LogP contribution in [0.4, 0.5) is 5.69 Å². The average Bonchev–Trinajstić information content (AvgIpc) is 3.28. The lowest BCUT2D eigenvalue weighted by Crippen LogP contribution is -2.52. The number of hydrogen-bond donors (Lipinski definition) is 2. The molecule has 2 unspecified atom stereocenters. The van der Waals surface area contributed by atoms with E-state index < -0.39 is 18.1 Å². The minimum atomic E-state index is -1.14. The Kier molecular flexibility index (Phi) is 6.83. The summed E-state index contributed by atoms with van der Waals surface area (Å²) in [5, 5.41) is 8.49. The number of rotatable bonds is 6. The molecular weight excluding hydrogens is 484 g/mol. The van der Waals surface area contributed by atoms with Crippen molar-refractivity contribution in [2.75, 3.05) is 11.9 Å². The van der Waals surface area contributed by atoms with Crippen LogP contribution in [0.15, 0.2) is 89.2 Å². The largest absolute Gasteiger partial charge is 0.344 e. The molecule has 8 heteroatoms. The topological polar surface area (TPSA) is 90.9 Å². The maximum atomic E-state index is 13.3. The highest BCUT2D eigenvalue weighted by Gasteiger charge is 2.32. The fourth-order valence-electron chi connectivity index (χ4n) is 4.40. The summed E-state index contributed by atoms with van der Waals surface area (Å²) < 4.78 is 1.11. The van der Waals surface area contributed by atoms with Gasteiger partial charge in [-0.1, -0.05) is 66.7 Å². The predicted octanol–water partition coefficient (Wildman–Crippen LogP) is 3.90. The molecule has 2 N–H and O–H groups in total.